The van der Waals surface area contributed by atoms with Crippen molar-refractivity contribution >= 4 is 70.2 Å². The van der Waals surface area contributed by atoms with E-state index in [-0.39, 0.29) is 22.7 Å². The van der Waals surface area contributed by atoms with E-state index >= 15 is 0 Å². The summed E-state index contributed by atoms with van der Waals surface area (Å²) in [6, 6.07) is 16.1. The van der Waals surface area contributed by atoms with Crippen molar-refractivity contribution in [1.29, 1.82) is 0 Å². The number of carbonyl (C=O) groups is 2. The van der Waals surface area contributed by atoms with Gasteiger partial charge in [-0.25, -0.2) is 14.3 Å². The summed E-state index contributed by atoms with van der Waals surface area (Å²) in [6.45, 7) is 13.9. The maximum atomic E-state index is 12.8. The van der Waals surface area contributed by atoms with Crippen LogP contribution < -0.4 is 10.0 Å². The highest BCUT2D eigenvalue weighted by Crippen LogP contribution is 2.38. The topological polar surface area (TPSA) is 108 Å². The van der Waals surface area contributed by atoms with Crippen LogP contribution >= 0.6 is 23.3 Å². The molecule has 9 nitrogen and oxygen atoms in total. The molecule has 0 spiro atoms. The van der Waals surface area contributed by atoms with Gasteiger partial charge in [0.05, 0.1) is 40.4 Å². The van der Waals surface area contributed by atoms with Gasteiger partial charge in [-0.3, -0.25) is 9.59 Å². The molecule has 12 heteroatoms. The Morgan fingerprint density at radius 2 is 1.93 bits per heavy atom. The van der Waals surface area contributed by atoms with Crippen molar-refractivity contribution in [3.8, 4) is 0 Å². The van der Waals surface area contributed by atoms with Gasteiger partial charge >= 0.3 is 0 Å². The van der Waals surface area contributed by atoms with E-state index in [4.69, 9.17) is 15.1 Å². The van der Waals surface area contributed by atoms with Gasteiger partial charge in [0.25, 0.3) is 5.91 Å². The number of nitrogens with zero attached hydrogens (tertiary/aromatic N) is 5. The predicted molar refractivity (Wildman–Crippen MR) is 178 cm³/mol. The maximum absolute atomic E-state index is 12.8. The van der Waals surface area contributed by atoms with Gasteiger partial charge in [0.1, 0.15) is 5.69 Å². The lowest BCUT2D eigenvalue weighted by atomic mass is 10.2. The SMILES string of the molecule is CC(=O)N(Sc1nc2ccccc2s1)c1ccc2ccn(CC[C@H](CO[Si](C)(C)C(C)(C)C)n3cnc(C(N)=O)c3)c2c1. The molecule has 0 fully saturated rings. The number of hydrogen-bond donors (Lipinski definition) is 1. The Morgan fingerprint density at radius 1 is 1.16 bits per heavy atom. The Bertz CT molecular complexity index is 1740. The average Bonchev–Trinajstić information content (AvgIpc) is 3.69. The van der Waals surface area contributed by atoms with Crippen molar-refractivity contribution in [3.63, 3.8) is 0 Å². The lowest BCUT2D eigenvalue weighted by Crippen LogP contribution is -2.42. The minimum atomic E-state index is -2.01. The summed E-state index contributed by atoms with van der Waals surface area (Å²) in [7, 11) is -2.01. The van der Waals surface area contributed by atoms with E-state index in [1.165, 1.54) is 11.9 Å². The van der Waals surface area contributed by atoms with Crippen molar-refractivity contribution in [2.75, 3.05) is 10.9 Å². The Labute approximate surface area is 261 Å². The predicted octanol–water partition coefficient (Wildman–Crippen LogP) is 7.26. The number of rotatable bonds is 11. The highest BCUT2D eigenvalue weighted by Gasteiger charge is 2.37. The largest absolute Gasteiger partial charge is 0.415 e. The highest BCUT2D eigenvalue weighted by molar-refractivity contribution is 8.03. The number of para-hydroxylation sites is 1. The molecule has 0 aliphatic carbocycles. The third-order valence-electron chi connectivity index (χ3n) is 8.14. The number of nitrogens with two attached hydrogens (primary N) is 1. The summed E-state index contributed by atoms with van der Waals surface area (Å²) in [4.78, 5) is 33.5. The number of aromatic nitrogens is 4. The summed E-state index contributed by atoms with van der Waals surface area (Å²) < 4.78 is 14.3. The second-order valence-electron chi connectivity index (χ2n) is 12.2. The van der Waals surface area contributed by atoms with E-state index < -0.39 is 14.2 Å². The Morgan fingerprint density at radius 3 is 2.60 bits per heavy atom. The van der Waals surface area contributed by atoms with Gasteiger partial charge < -0.3 is 19.3 Å². The van der Waals surface area contributed by atoms with Crippen LogP contribution in [0.15, 0.2) is 71.6 Å². The fourth-order valence-electron chi connectivity index (χ4n) is 4.55. The molecule has 2 amide bonds. The lowest BCUT2D eigenvalue weighted by Gasteiger charge is -2.37. The molecule has 5 rings (SSSR count). The van der Waals surface area contributed by atoms with E-state index in [1.807, 2.05) is 41.0 Å². The number of benzene rings is 2. The Balaban J connectivity index is 1.38. The standard InChI is InChI=1S/C31H38N6O3S2Si/c1-21(38)37(42-30-34-25-9-7-8-10-28(25)41-30)23-12-11-22-13-15-35(27(22)17-23)16-14-24(19-40-43(5,6)31(2,3)4)36-18-26(29(32)39)33-20-36/h7-13,15,17-18,20,24H,14,16,19H2,1-6H3,(H2,32,39)/t24-/m1/s1. The molecule has 0 bridgehead atoms. The molecule has 43 heavy (non-hydrogen) atoms. The number of imidazole rings is 1. The van der Waals surface area contributed by atoms with Crippen molar-refractivity contribution in [1.82, 2.24) is 19.1 Å². The second kappa shape index (κ2) is 12.3. The minimum absolute atomic E-state index is 0.0429. The van der Waals surface area contributed by atoms with Crippen LogP contribution in [-0.2, 0) is 15.8 Å². The third-order valence-corrected chi connectivity index (χ3v) is 14.8. The zero-order valence-corrected chi connectivity index (χ0v) is 28.0. The van der Waals surface area contributed by atoms with Crippen LogP contribution in [0, 0.1) is 0 Å². The number of fused-ring (bicyclic) bond motifs is 2. The van der Waals surface area contributed by atoms with Crippen molar-refractivity contribution in [2.45, 2.75) is 69.2 Å². The first-order valence-corrected chi connectivity index (χ1v) is 18.7. The molecule has 2 N–H and O–H groups in total. The first-order valence-electron chi connectivity index (χ1n) is 14.2. The maximum Gasteiger partial charge on any atom is 0.268 e. The Kier molecular flexibility index (Phi) is 8.84. The van der Waals surface area contributed by atoms with Crippen LogP contribution in [0.3, 0.4) is 0 Å². The summed E-state index contributed by atoms with van der Waals surface area (Å²) >= 11 is 2.92. The van der Waals surface area contributed by atoms with Crippen LogP contribution in [-0.4, -0.2) is 45.8 Å². The number of carbonyl (C=O) groups excluding carboxylic acids is 2. The number of amides is 2. The number of anilines is 1. The monoisotopic (exact) mass is 634 g/mol. The van der Waals surface area contributed by atoms with Crippen LogP contribution in [0.1, 0.15) is 50.6 Å². The van der Waals surface area contributed by atoms with Gasteiger partial charge in [-0.1, -0.05) is 39.0 Å². The molecule has 0 unspecified atom stereocenters. The third kappa shape index (κ3) is 6.87. The van der Waals surface area contributed by atoms with Gasteiger partial charge in [0.15, 0.2) is 12.7 Å². The molecule has 0 saturated heterocycles. The molecule has 0 aliphatic heterocycles. The molecule has 3 heterocycles. The number of thiazole rings is 1. The van der Waals surface area contributed by atoms with E-state index in [9.17, 15) is 9.59 Å². The van der Waals surface area contributed by atoms with Crippen LogP contribution in [0.5, 0.6) is 0 Å². The van der Waals surface area contributed by atoms with Crippen molar-refractivity contribution in [3.05, 3.63) is 72.9 Å². The quantitative estimate of drug-likeness (QED) is 0.121. The molecule has 0 saturated carbocycles. The molecular formula is C31H38N6O3S2Si. The summed E-state index contributed by atoms with van der Waals surface area (Å²) in [6.07, 6.45) is 6.18. The van der Waals surface area contributed by atoms with Crippen LogP contribution in [0.25, 0.3) is 21.1 Å². The molecule has 3 aromatic heterocycles. The molecular weight excluding hydrogens is 597 g/mol. The van der Waals surface area contributed by atoms with Crippen LogP contribution in [0.4, 0.5) is 5.69 Å². The summed E-state index contributed by atoms with van der Waals surface area (Å²) in [5, 5.41) is 1.16. The number of hydrogen-bond acceptors (Lipinski definition) is 7. The molecule has 2 aromatic carbocycles. The fourth-order valence-corrected chi connectivity index (χ4v) is 7.58. The molecule has 0 radical (unpaired) electrons. The van der Waals surface area contributed by atoms with E-state index in [2.05, 4.69) is 61.7 Å². The van der Waals surface area contributed by atoms with E-state index in [0.29, 0.717) is 13.2 Å². The molecule has 226 valence electrons. The van der Waals surface area contributed by atoms with Gasteiger partial charge in [-0.15, -0.1) is 11.3 Å². The average molecular weight is 635 g/mol. The zero-order valence-electron chi connectivity index (χ0n) is 25.4. The second-order valence-corrected chi connectivity index (χ2v) is 19.2. The van der Waals surface area contributed by atoms with E-state index in [1.54, 1.807) is 35.1 Å². The molecule has 1 atom stereocenters. The summed E-state index contributed by atoms with van der Waals surface area (Å²) in [5.74, 6) is -0.625. The van der Waals surface area contributed by atoms with Gasteiger partial charge in [-0.05, 0) is 60.3 Å². The lowest BCUT2D eigenvalue weighted by molar-refractivity contribution is -0.115. The fraction of sp³-hybridized carbons (Fsp3) is 0.355. The van der Waals surface area contributed by atoms with Crippen LogP contribution in [0.2, 0.25) is 18.1 Å². The normalized spacial score (nSPS) is 13.1. The van der Waals surface area contributed by atoms with Gasteiger partial charge in [0, 0.05) is 37.8 Å². The number of aryl methyl sites for hydroxylation is 1. The first kappa shape index (κ1) is 31.0. The van der Waals surface area contributed by atoms with Gasteiger partial charge in [-0.2, -0.15) is 0 Å². The van der Waals surface area contributed by atoms with E-state index in [0.717, 1.165) is 37.6 Å². The van der Waals surface area contributed by atoms with Gasteiger partial charge in [0.2, 0.25) is 5.91 Å². The van der Waals surface area contributed by atoms with Crippen molar-refractivity contribution < 1.29 is 14.0 Å². The smallest absolute Gasteiger partial charge is 0.268 e. The van der Waals surface area contributed by atoms with Crippen molar-refractivity contribution in [2.24, 2.45) is 5.73 Å². The molecule has 5 aromatic rings. The zero-order chi connectivity index (χ0) is 30.9. The first-order chi connectivity index (χ1) is 20.3. The highest BCUT2D eigenvalue weighted by atomic mass is 32.2. The number of primary amides is 1. The minimum Gasteiger partial charge on any atom is -0.415 e. The summed E-state index contributed by atoms with van der Waals surface area (Å²) in [5.41, 5.74) is 8.48. The molecule has 0 aliphatic rings. The Hall–Kier alpha value is -3.45.